The molecule has 0 unspecified atom stereocenters. The highest BCUT2D eigenvalue weighted by molar-refractivity contribution is 5.87. The monoisotopic (exact) mass is 206 g/mol. The maximum absolute atomic E-state index is 11.6. The number of hydrogen-bond acceptors (Lipinski definition) is 4. The largest absolute Gasteiger partial charge is 0.458 e. The van der Waals surface area contributed by atoms with Gasteiger partial charge in [0.05, 0.1) is 0 Å². The molecule has 0 radical (unpaired) electrons. The molecule has 4 heteroatoms. The van der Waals surface area contributed by atoms with E-state index in [2.05, 4.69) is 9.97 Å². The predicted molar refractivity (Wildman–Crippen MR) is 54.3 cm³/mol. The van der Waals surface area contributed by atoms with Crippen LogP contribution in [0.3, 0.4) is 0 Å². The highest BCUT2D eigenvalue weighted by Crippen LogP contribution is 2.20. The van der Waals surface area contributed by atoms with Crippen LogP contribution in [0.4, 0.5) is 0 Å². The number of esters is 1. The second kappa shape index (κ2) is 4.87. The van der Waals surface area contributed by atoms with Crippen LogP contribution < -0.4 is 0 Å². The van der Waals surface area contributed by atoms with Gasteiger partial charge in [-0.25, -0.2) is 14.8 Å². The maximum atomic E-state index is 11.6. The van der Waals surface area contributed by atoms with Crippen molar-refractivity contribution in [2.45, 2.75) is 38.2 Å². The second-order valence-electron chi connectivity index (χ2n) is 3.76. The maximum Gasteiger partial charge on any atom is 0.357 e. The number of carbonyl (C=O) groups is 1. The van der Waals surface area contributed by atoms with Gasteiger partial charge in [-0.05, 0) is 31.7 Å². The first-order valence-electron chi connectivity index (χ1n) is 5.33. The Labute approximate surface area is 88.7 Å². The van der Waals surface area contributed by atoms with Gasteiger partial charge in [0.25, 0.3) is 0 Å². The van der Waals surface area contributed by atoms with E-state index in [0.717, 1.165) is 25.7 Å². The summed E-state index contributed by atoms with van der Waals surface area (Å²) in [7, 11) is 0. The Bertz CT molecular complexity index is 321. The van der Waals surface area contributed by atoms with Crippen molar-refractivity contribution < 1.29 is 9.53 Å². The van der Waals surface area contributed by atoms with Crippen LogP contribution >= 0.6 is 0 Å². The number of carbonyl (C=O) groups excluding carboxylic acids is 1. The predicted octanol–water partition coefficient (Wildman–Crippen LogP) is 1.97. The van der Waals surface area contributed by atoms with Crippen molar-refractivity contribution in [2.24, 2.45) is 0 Å². The summed E-state index contributed by atoms with van der Waals surface area (Å²) < 4.78 is 5.35. The molecule has 80 valence electrons. The highest BCUT2D eigenvalue weighted by atomic mass is 16.5. The van der Waals surface area contributed by atoms with E-state index in [1.807, 2.05) is 0 Å². The molecular formula is C11H14N2O2. The molecule has 1 fully saturated rings. The molecule has 1 aliphatic rings. The Morgan fingerprint density at radius 1 is 1.33 bits per heavy atom. The van der Waals surface area contributed by atoms with E-state index in [-0.39, 0.29) is 12.1 Å². The van der Waals surface area contributed by atoms with Gasteiger partial charge >= 0.3 is 5.97 Å². The van der Waals surface area contributed by atoms with Crippen LogP contribution in [0.15, 0.2) is 18.6 Å². The summed E-state index contributed by atoms with van der Waals surface area (Å²) in [5, 5.41) is 0. The fourth-order valence-corrected chi connectivity index (χ4v) is 1.81. The van der Waals surface area contributed by atoms with E-state index < -0.39 is 0 Å². The molecule has 0 aromatic carbocycles. The Hall–Kier alpha value is -1.45. The van der Waals surface area contributed by atoms with Crippen molar-refractivity contribution in [2.75, 3.05) is 0 Å². The molecule has 1 aromatic heterocycles. The van der Waals surface area contributed by atoms with E-state index in [9.17, 15) is 4.79 Å². The molecule has 1 aliphatic carbocycles. The normalized spacial score (nSPS) is 17.3. The van der Waals surface area contributed by atoms with Gasteiger partial charge < -0.3 is 4.74 Å². The minimum atomic E-state index is -0.329. The average Bonchev–Trinajstić information content (AvgIpc) is 2.31. The topological polar surface area (TPSA) is 52.1 Å². The number of ether oxygens (including phenoxy) is 1. The molecular weight excluding hydrogens is 192 g/mol. The summed E-state index contributed by atoms with van der Waals surface area (Å²) in [6.07, 6.45) is 8.52. The van der Waals surface area contributed by atoms with Crippen molar-refractivity contribution in [3.8, 4) is 0 Å². The number of nitrogens with zero attached hydrogens (tertiary/aromatic N) is 2. The zero-order chi connectivity index (χ0) is 10.5. The summed E-state index contributed by atoms with van der Waals surface area (Å²) in [6, 6.07) is 1.57. The molecule has 0 atom stereocenters. The average molecular weight is 206 g/mol. The highest BCUT2D eigenvalue weighted by Gasteiger charge is 2.19. The second-order valence-corrected chi connectivity index (χ2v) is 3.76. The molecule has 0 bridgehead atoms. The molecule has 4 nitrogen and oxygen atoms in total. The SMILES string of the molecule is O=C(OC1CCCCC1)c1ccncn1. The first-order chi connectivity index (χ1) is 7.36. The van der Waals surface area contributed by atoms with Crippen molar-refractivity contribution in [3.05, 3.63) is 24.3 Å². The summed E-state index contributed by atoms with van der Waals surface area (Å²) in [5.74, 6) is -0.329. The lowest BCUT2D eigenvalue weighted by Crippen LogP contribution is -2.21. The lowest BCUT2D eigenvalue weighted by Gasteiger charge is -2.21. The smallest absolute Gasteiger partial charge is 0.357 e. The Morgan fingerprint density at radius 3 is 2.80 bits per heavy atom. The van der Waals surface area contributed by atoms with Crippen LogP contribution in [0.5, 0.6) is 0 Å². The summed E-state index contributed by atoms with van der Waals surface area (Å²) in [5.41, 5.74) is 0.343. The van der Waals surface area contributed by atoms with Crippen molar-refractivity contribution in [1.82, 2.24) is 9.97 Å². The molecule has 1 aromatic rings. The van der Waals surface area contributed by atoms with Gasteiger partial charge in [0.2, 0.25) is 0 Å². The molecule has 0 amide bonds. The zero-order valence-electron chi connectivity index (χ0n) is 8.56. The Kier molecular flexibility index (Phi) is 3.27. The third kappa shape index (κ3) is 2.75. The summed E-state index contributed by atoms with van der Waals surface area (Å²) in [6.45, 7) is 0. The van der Waals surface area contributed by atoms with Gasteiger partial charge in [0.15, 0.2) is 5.69 Å². The minimum absolute atomic E-state index is 0.0845. The van der Waals surface area contributed by atoms with Gasteiger partial charge in [-0.3, -0.25) is 0 Å². The first kappa shape index (κ1) is 10.1. The van der Waals surface area contributed by atoms with Gasteiger partial charge in [-0.15, -0.1) is 0 Å². The third-order valence-corrected chi connectivity index (χ3v) is 2.62. The van der Waals surface area contributed by atoms with Crippen molar-refractivity contribution in [3.63, 3.8) is 0 Å². The molecule has 0 N–H and O–H groups in total. The van der Waals surface area contributed by atoms with Crippen LogP contribution in [-0.4, -0.2) is 22.0 Å². The van der Waals surface area contributed by atoms with Gasteiger partial charge in [-0.2, -0.15) is 0 Å². The Morgan fingerprint density at radius 2 is 2.13 bits per heavy atom. The summed E-state index contributed by atoms with van der Waals surface area (Å²) >= 11 is 0. The van der Waals surface area contributed by atoms with E-state index in [1.54, 1.807) is 12.3 Å². The molecule has 15 heavy (non-hydrogen) atoms. The summed E-state index contributed by atoms with van der Waals surface area (Å²) in [4.78, 5) is 19.2. The van der Waals surface area contributed by atoms with Crippen molar-refractivity contribution >= 4 is 5.97 Å². The number of aromatic nitrogens is 2. The minimum Gasteiger partial charge on any atom is -0.458 e. The fourth-order valence-electron chi connectivity index (χ4n) is 1.81. The van der Waals surface area contributed by atoms with Crippen molar-refractivity contribution in [1.29, 1.82) is 0 Å². The third-order valence-electron chi connectivity index (χ3n) is 2.62. The molecule has 1 saturated carbocycles. The molecule has 2 rings (SSSR count). The number of rotatable bonds is 2. The van der Waals surface area contributed by atoms with Crippen LogP contribution in [0.25, 0.3) is 0 Å². The molecule has 0 aliphatic heterocycles. The van der Waals surface area contributed by atoms with E-state index >= 15 is 0 Å². The molecule has 1 heterocycles. The first-order valence-corrected chi connectivity index (χ1v) is 5.33. The van der Waals surface area contributed by atoms with Gasteiger partial charge in [0, 0.05) is 6.20 Å². The zero-order valence-corrected chi connectivity index (χ0v) is 8.56. The van der Waals surface area contributed by atoms with Crippen LogP contribution in [0.2, 0.25) is 0 Å². The van der Waals surface area contributed by atoms with Crippen LogP contribution in [-0.2, 0) is 4.74 Å². The molecule has 0 saturated heterocycles. The van der Waals surface area contributed by atoms with E-state index in [1.165, 1.54) is 12.7 Å². The quantitative estimate of drug-likeness (QED) is 0.694. The lowest BCUT2D eigenvalue weighted by molar-refractivity contribution is 0.0204. The van der Waals surface area contributed by atoms with E-state index in [0.29, 0.717) is 5.69 Å². The van der Waals surface area contributed by atoms with E-state index in [4.69, 9.17) is 4.74 Å². The standard InChI is InChI=1S/C11H14N2O2/c14-11(10-6-7-12-8-13-10)15-9-4-2-1-3-5-9/h6-9H,1-5H2. The fraction of sp³-hybridized carbons (Fsp3) is 0.545. The molecule has 0 spiro atoms. The van der Waals surface area contributed by atoms with Crippen LogP contribution in [0, 0.1) is 0 Å². The Balaban J connectivity index is 1.91. The number of hydrogen-bond donors (Lipinski definition) is 0. The lowest BCUT2D eigenvalue weighted by atomic mass is 9.98. The van der Waals surface area contributed by atoms with Gasteiger partial charge in [-0.1, -0.05) is 6.42 Å². The van der Waals surface area contributed by atoms with Crippen LogP contribution in [0.1, 0.15) is 42.6 Å². The van der Waals surface area contributed by atoms with Gasteiger partial charge in [0.1, 0.15) is 12.4 Å².